The summed E-state index contributed by atoms with van der Waals surface area (Å²) in [6.45, 7) is 1.01. The second-order valence-electron chi connectivity index (χ2n) is 4.10. The van der Waals surface area contributed by atoms with Crippen LogP contribution in [0.3, 0.4) is 0 Å². The molecule has 0 fully saturated rings. The monoisotopic (exact) mass is 256 g/mol. The second kappa shape index (κ2) is 5.54. The van der Waals surface area contributed by atoms with Crippen molar-refractivity contribution in [1.29, 1.82) is 0 Å². The Kier molecular flexibility index (Phi) is 4.33. The van der Waals surface area contributed by atoms with E-state index in [1.165, 1.54) is 19.1 Å². The van der Waals surface area contributed by atoms with Crippen LogP contribution in [0.4, 0.5) is 4.39 Å². The Morgan fingerprint density at radius 3 is 2.72 bits per heavy atom. The Labute approximate surface area is 102 Å². The number of hydrogen-bond donors (Lipinski definition) is 3. The second-order valence-corrected chi connectivity index (χ2v) is 4.10. The van der Waals surface area contributed by atoms with Gasteiger partial charge in [-0.25, -0.2) is 4.98 Å². The van der Waals surface area contributed by atoms with Crippen molar-refractivity contribution in [1.82, 2.24) is 10.3 Å². The number of aliphatic hydroxyl groups is 1. The summed E-state index contributed by atoms with van der Waals surface area (Å²) >= 11 is 0. The maximum atomic E-state index is 12.8. The predicted molar refractivity (Wildman–Crippen MR) is 59.4 cm³/mol. The molecule has 6 nitrogen and oxygen atoms in total. The molecule has 1 aromatic heterocycles. The molecule has 0 saturated heterocycles. The van der Waals surface area contributed by atoms with Crippen molar-refractivity contribution in [2.45, 2.75) is 18.9 Å². The molecule has 7 heteroatoms. The van der Waals surface area contributed by atoms with Crippen LogP contribution in [0.2, 0.25) is 0 Å². The highest BCUT2D eigenvalue weighted by molar-refractivity contribution is 5.92. The van der Waals surface area contributed by atoms with Gasteiger partial charge in [-0.2, -0.15) is 4.39 Å². The molecule has 0 spiro atoms. The number of carboxylic acid groups (broad SMARTS) is 1. The number of halogens is 1. The molecule has 0 radical (unpaired) electrons. The fourth-order valence-corrected chi connectivity index (χ4v) is 1.28. The smallest absolute Gasteiger partial charge is 0.306 e. The van der Waals surface area contributed by atoms with Crippen LogP contribution in [0.5, 0.6) is 0 Å². The number of aromatic nitrogens is 1. The molecule has 18 heavy (non-hydrogen) atoms. The van der Waals surface area contributed by atoms with Gasteiger partial charge in [-0.3, -0.25) is 9.59 Å². The minimum Gasteiger partial charge on any atom is -0.481 e. The van der Waals surface area contributed by atoms with Crippen molar-refractivity contribution >= 4 is 11.9 Å². The topological polar surface area (TPSA) is 99.5 Å². The number of carbonyl (C=O) groups is 2. The van der Waals surface area contributed by atoms with E-state index in [-0.39, 0.29) is 12.2 Å². The molecule has 1 heterocycles. The van der Waals surface area contributed by atoms with Crippen molar-refractivity contribution in [2.24, 2.45) is 0 Å². The van der Waals surface area contributed by atoms with Crippen LogP contribution in [0.1, 0.15) is 23.8 Å². The molecule has 1 amide bonds. The molecule has 98 valence electrons. The van der Waals surface area contributed by atoms with Gasteiger partial charge in [0.1, 0.15) is 5.69 Å². The summed E-state index contributed by atoms with van der Waals surface area (Å²) in [4.78, 5) is 25.3. The molecule has 1 unspecified atom stereocenters. The number of nitrogens with zero attached hydrogens (tertiary/aromatic N) is 1. The lowest BCUT2D eigenvalue weighted by Crippen LogP contribution is -2.42. The largest absolute Gasteiger partial charge is 0.481 e. The molecule has 1 rings (SSSR count). The van der Waals surface area contributed by atoms with Crippen LogP contribution in [0, 0.1) is 5.95 Å². The third kappa shape index (κ3) is 4.46. The molecular weight excluding hydrogens is 243 g/mol. The van der Waals surface area contributed by atoms with E-state index in [1.54, 1.807) is 0 Å². The van der Waals surface area contributed by atoms with Gasteiger partial charge in [-0.15, -0.1) is 0 Å². The SMILES string of the molecule is CC(O)(CNC(=O)c1cccc(F)n1)CC(=O)O. The Morgan fingerprint density at radius 1 is 1.50 bits per heavy atom. The highest BCUT2D eigenvalue weighted by Gasteiger charge is 2.25. The van der Waals surface area contributed by atoms with Crippen LogP contribution >= 0.6 is 0 Å². The van der Waals surface area contributed by atoms with Gasteiger partial charge in [-0.05, 0) is 19.1 Å². The molecule has 0 aliphatic rings. The first-order valence-electron chi connectivity index (χ1n) is 5.15. The molecule has 0 aromatic carbocycles. The number of carboxylic acids is 1. The van der Waals surface area contributed by atoms with Gasteiger partial charge >= 0.3 is 5.97 Å². The quantitative estimate of drug-likeness (QED) is 0.652. The third-order valence-corrected chi connectivity index (χ3v) is 2.11. The molecule has 0 aliphatic carbocycles. The van der Waals surface area contributed by atoms with E-state index < -0.39 is 29.8 Å². The zero-order valence-corrected chi connectivity index (χ0v) is 9.68. The minimum atomic E-state index is -1.57. The van der Waals surface area contributed by atoms with Crippen molar-refractivity contribution < 1.29 is 24.2 Å². The lowest BCUT2D eigenvalue weighted by atomic mass is 10.0. The Morgan fingerprint density at radius 2 is 2.17 bits per heavy atom. The van der Waals surface area contributed by atoms with Gasteiger partial charge < -0.3 is 15.5 Å². The van der Waals surface area contributed by atoms with Crippen molar-refractivity contribution in [3.8, 4) is 0 Å². The van der Waals surface area contributed by atoms with Crippen LogP contribution < -0.4 is 5.32 Å². The van der Waals surface area contributed by atoms with Crippen LogP contribution in [0.15, 0.2) is 18.2 Å². The summed E-state index contributed by atoms with van der Waals surface area (Å²) in [7, 11) is 0. The zero-order chi connectivity index (χ0) is 13.8. The number of rotatable bonds is 5. The first-order valence-corrected chi connectivity index (χ1v) is 5.15. The Balaban J connectivity index is 2.58. The normalized spacial score (nSPS) is 13.7. The first kappa shape index (κ1) is 14.0. The van der Waals surface area contributed by atoms with Crippen LogP contribution in [-0.2, 0) is 4.79 Å². The van der Waals surface area contributed by atoms with E-state index in [0.29, 0.717) is 0 Å². The van der Waals surface area contributed by atoms with E-state index in [2.05, 4.69) is 10.3 Å². The molecule has 1 atom stereocenters. The summed E-state index contributed by atoms with van der Waals surface area (Å²) in [5.41, 5.74) is -1.71. The zero-order valence-electron chi connectivity index (χ0n) is 9.68. The number of nitrogens with one attached hydrogen (secondary N) is 1. The van der Waals surface area contributed by atoms with E-state index in [4.69, 9.17) is 5.11 Å². The van der Waals surface area contributed by atoms with Gasteiger partial charge in [0.2, 0.25) is 5.95 Å². The fraction of sp³-hybridized carbons (Fsp3) is 0.364. The average molecular weight is 256 g/mol. The van der Waals surface area contributed by atoms with E-state index in [9.17, 15) is 19.1 Å². The highest BCUT2D eigenvalue weighted by Crippen LogP contribution is 2.08. The maximum absolute atomic E-state index is 12.8. The predicted octanol–water partition coefficient (Wildman–Crippen LogP) is 0.176. The highest BCUT2D eigenvalue weighted by atomic mass is 19.1. The molecule has 0 bridgehead atoms. The van der Waals surface area contributed by atoms with E-state index >= 15 is 0 Å². The van der Waals surface area contributed by atoms with Crippen molar-refractivity contribution in [3.05, 3.63) is 29.8 Å². The van der Waals surface area contributed by atoms with Crippen molar-refractivity contribution in [2.75, 3.05) is 6.54 Å². The molecule has 3 N–H and O–H groups in total. The lowest BCUT2D eigenvalue weighted by Gasteiger charge is -2.21. The Hall–Kier alpha value is -2.02. The van der Waals surface area contributed by atoms with E-state index in [0.717, 1.165) is 6.07 Å². The molecule has 1 aromatic rings. The van der Waals surface area contributed by atoms with Gasteiger partial charge in [0, 0.05) is 6.54 Å². The Bertz CT molecular complexity index is 462. The van der Waals surface area contributed by atoms with E-state index in [1.807, 2.05) is 0 Å². The number of hydrogen-bond acceptors (Lipinski definition) is 4. The van der Waals surface area contributed by atoms with Crippen LogP contribution in [0.25, 0.3) is 0 Å². The van der Waals surface area contributed by atoms with Crippen LogP contribution in [-0.4, -0.2) is 39.2 Å². The maximum Gasteiger partial charge on any atom is 0.306 e. The average Bonchev–Trinajstić information content (AvgIpc) is 2.24. The molecule has 0 aliphatic heterocycles. The summed E-state index contributed by atoms with van der Waals surface area (Å²) in [6, 6.07) is 3.73. The summed E-state index contributed by atoms with van der Waals surface area (Å²) in [6.07, 6.45) is -0.510. The van der Waals surface area contributed by atoms with Gasteiger partial charge in [0.15, 0.2) is 0 Å². The minimum absolute atomic E-state index is 0.138. The number of amides is 1. The molecule has 0 saturated carbocycles. The summed E-state index contributed by atoms with van der Waals surface area (Å²) < 4.78 is 12.8. The first-order chi connectivity index (χ1) is 8.30. The van der Waals surface area contributed by atoms with Gasteiger partial charge in [0.25, 0.3) is 5.91 Å². The standard InChI is InChI=1S/C11H13FN2O4/c1-11(18,5-9(15)16)6-13-10(17)7-3-2-4-8(12)14-7/h2-4,18H,5-6H2,1H3,(H,13,17)(H,15,16). The van der Waals surface area contributed by atoms with Gasteiger partial charge in [0.05, 0.1) is 12.0 Å². The fourth-order valence-electron chi connectivity index (χ4n) is 1.28. The third-order valence-electron chi connectivity index (χ3n) is 2.11. The lowest BCUT2D eigenvalue weighted by molar-refractivity contribution is -0.141. The molecular formula is C11H13FN2O4. The number of aliphatic carboxylic acids is 1. The summed E-state index contributed by atoms with van der Waals surface area (Å²) in [5.74, 6) is -2.65. The van der Waals surface area contributed by atoms with Gasteiger partial charge in [-0.1, -0.05) is 6.07 Å². The van der Waals surface area contributed by atoms with Crippen molar-refractivity contribution in [3.63, 3.8) is 0 Å². The number of pyridine rings is 1. The number of carbonyl (C=O) groups excluding carboxylic acids is 1. The summed E-state index contributed by atoms with van der Waals surface area (Å²) in [5, 5.41) is 20.5.